The Kier molecular flexibility index (Phi) is 3.64. The van der Waals surface area contributed by atoms with Crippen molar-refractivity contribution in [1.82, 2.24) is 29.1 Å². The molecule has 0 fully saturated rings. The van der Waals surface area contributed by atoms with E-state index in [1.54, 1.807) is 28.4 Å². The molecule has 0 saturated carbocycles. The summed E-state index contributed by atoms with van der Waals surface area (Å²) >= 11 is 1.58. The fourth-order valence-corrected chi connectivity index (χ4v) is 3.88. The van der Waals surface area contributed by atoms with Crippen LogP contribution in [0.3, 0.4) is 0 Å². The summed E-state index contributed by atoms with van der Waals surface area (Å²) < 4.78 is 9.57. The quantitative estimate of drug-likeness (QED) is 0.478. The molecule has 0 aliphatic carbocycles. The maximum Gasteiger partial charge on any atom is 0.195 e. The number of thiazole rings is 1. The maximum absolute atomic E-state index is 5.78. The average Bonchev–Trinajstić information content (AvgIpc) is 3.40. The largest absolute Gasteiger partial charge is 0.486 e. The summed E-state index contributed by atoms with van der Waals surface area (Å²) in [6.45, 7) is 4.46. The van der Waals surface area contributed by atoms with Crippen molar-refractivity contribution in [2.24, 2.45) is 0 Å². The van der Waals surface area contributed by atoms with Crippen molar-refractivity contribution < 1.29 is 4.74 Å². The van der Waals surface area contributed by atoms with Gasteiger partial charge in [-0.3, -0.25) is 4.57 Å². The third kappa shape index (κ3) is 2.57. The summed E-state index contributed by atoms with van der Waals surface area (Å²) in [6.07, 6.45) is 3.49. The zero-order chi connectivity index (χ0) is 18.4. The van der Waals surface area contributed by atoms with Gasteiger partial charge in [0.15, 0.2) is 22.3 Å². The highest BCUT2D eigenvalue weighted by atomic mass is 32.1. The number of benzene rings is 1. The lowest BCUT2D eigenvalue weighted by atomic mass is 10.2. The Balaban J connectivity index is 1.61. The summed E-state index contributed by atoms with van der Waals surface area (Å²) in [6, 6.07) is 9.66. The molecule has 27 heavy (non-hydrogen) atoms. The van der Waals surface area contributed by atoms with E-state index in [0.29, 0.717) is 12.4 Å². The predicted molar refractivity (Wildman–Crippen MR) is 104 cm³/mol. The minimum atomic E-state index is 0.304. The number of aryl methyl sites for hydroxylation is 1. The number of hydrogen-bond donors (Lipinski definition) is 0. The van der Waals surface area contributed by atoms with Crippen LogP contribution in [0.5, 0.6) is 5.75 Å². The molecular formula is C19H16N6OS. The molecule has 4 heterocycles. The second kappa shape index (κ2) is 6.17. The number of para-hydroxylation sites is 1. The highest BCUT2D eigenvalue weighted by Crippen LogP contribution is 2.30. The molecule has 0 aliphatic heterocycles. The minimum absolute atomic E-state index is 0.304. The molecule has 0 amide bonds. The van der Waals surface area contributed by atoms with Crippen LogP contribution in [0.1, 0.15) is 17.1 Å². The van der Waals surface area contributed by atoms with E-state index in [1.807, 2.05) is 35.7 Å². The standard InChI is InChI=1S/C19H16N6OS/c1-12-13(2)25(19-20-8-9-27-19)17-16(12)18-22-15(23-24(18)11-21-17)10-26-14-6-4-3-5-7-14/h3-9,11H,10H2,1-2H3. The van der Waals surface area contributed by atoms with Crippen LogP contribution in [0.4, 0.5) is 0 Å². The molecule has 7 nitrogen and oxygen atoms in total. The lowest BCUT2D eigenvalue weighted by Crippen LogP contribution is -1.99. The Morgan fingerprint density at radius 1 is 1.07 bits per heavy atom. The Bertz CT molecular complexity index is 1240. The Hall–Kier alpha value is -3.26. The van der Waals surface area contributed by atoms with E-state index in [-0.39, 0.29) is 0 Å². The molecule has 4 aromatic heterocycles. The van der Waals surface area contributed by atoms with Crippen LogP contribution in [0, 0.1) is 13.8 Å². The number of aromatic nitrogens is 6. The van der Waals surface area contributed by atoms with Crippen LogP contribution in [-0.4, -0.2) is 29.1 Å². The molecule has 5 rings (SSSR count). The fourth-order valence-electron chi connectivity index (χ4n) is 3.19. The van der Waals surface area contributed by atoms with Gasteiger partial charge in [-0.15, -0.1) is 16.4 Å². The first-order valence-electron chi connectivity index (χ1n) is 8.52. The molecule has 0 bridgehead atoms. The van der Waals surface area contributed by atoms with E-state index in [0.717, 1.165) is 38.8 Å². The van der Waals surface area contributed by atoms with Gasteiger partial charge in [0.05, 0.1) is 5.39 Å². The molecule has 0 spiro atoms. The van der Waals surface area contributed by atoms with Crippen molar-refractivity contribution in [3.05, 3.63) is 65.3 Å². The van der Waals surface area contributed by atoms with Crippen molar-refractivity contribution in [2.75, 3.05) is 0 Å². The zero-order valence-electron chi connectivity index (χ0n) is 14.8. The molecule has 134 valence electrons. The molecule has 0 unspecified atom stereocenters. The van der Waals surface area contributed by atoms with Crippen molar-refractivity contribution in [3.8, 4) is 10.9 Å². The van der Waals surface area contributed by atoms with Gasteiger partial charge in [0.1, 0.15) is 18.7 Å². The molecule has 0 atom stereocenters. The fraction of sp³-hybridized carbons (Fsp3) is 0.158. The summed E-state index contributed by atoms with van der Waals surface area (Å²) in [5, 5.41) is 8.37. The predicted octanol–water partition coefficient (Wildman–Crippen LogP) is 3.72. The first-order chi connectivity index (χ1) is 13.2. The Labute approximate surface area is 158 Å². The van der Waals surface area contributed by atoms with Gasteiger partial charge >= 0.3 is 0 Å². The van der Waals surface area contributed by atoms with Crippen LogP contribution in [0.25, 0.3) is 21.8 Å². The molecule has 0 radical (unpaired) electrons. The first kappa shape index (κ1) is 16.0. The van der Waals surface area contributed by atoms with Gasteiger partial charge < -0.3 is 4.74 Å². The van der Waals surface area contributed by atoms with Gasteiger partial charge in [-0.25, -0.2) is 19.5 Å². The highest BCUT2D eigenvalue weighted by Gasteiger charge is 2.19. The number of fused-ring (bicyclic) bond motifs is 3. The monoisotopic (exact) mass is 376 g/mol. The van der Waals surface area contributed by atoms with E-state index < -0.39 is 0 Å². The van der Waals surface area contributed by atoms with Gasteiger partial charge in [-0.1, -0.05) is 18.2 Å². The Morgan fingerprint density at radius 3 is 2.70 bits per heavy atom. The van der Waals surface area contributed by atoms with Crippen molar-refractivity contribution in [3.63, 3.8) is 0 Å². The van der Waals surface area contributed by atoms with Gasteiger partial charge in [-0.05, 0) is 31.5 Å². The SMILES string of the molecule is Cc1c(C)n(-c2nccs2)c2ncn3nc(COc4ccccc4)nc3c12. The van der Waals surface area contributed by atoms with E-state index in [9.17, 15) is 0 Å². The topological polar surface area (TPSA) is 70.1 Å². The zero-order valence-corrected chi connectivity index (χ0v) is 15.6. The first-order valence-corrected chi connectivity index (χ1v) is 9.40. The number of hydrogen-bond acceptors (Lipinski definition) is 6. The number of nitrogens with zero attached hydrogens (tertiary/aromatic N) is 6. The Morgan fingerprint density at radius 2 is 1.93 bits per heavy atom. The van der Waals surface area contributed by atoms with E-state index >= 15 is 0 Å². The van der Waals surface area contributed by atoms with Crippen molar-refractivity contribution in [2.45, 2.75) is 20.5 Å². The number of rotatable bonds is 4. The molecule has 1 aromatic carbocycles. The summed E-state index contributed by atoms with van der Waals surface area (Å²) in [7, 11) is 0. The normalized spacial score (nSPS) is 11.5. The molecule has 8 heteroatoms. The van der Waals surface area contributed by atoms with Gasteiger partial charge in [0.2, 0.25) is 0 Å². The van der Waals surface area contributed by atoms with Gasteiger partial charge in [-0.2, -0.15) is 0 Å². The summed E-state index contributed by atoms with van der Waals surface area (Å²) in [5.74, 6) is 1.41. The van der Waals surface area contributed by atoms with Gasteiger partial charge in [0, 0.05) is 17.3 Å². The minimum Gasteiger partial charge on any atom is -0.486 e. The van der Waals surface area contributed by atoms with E-state index in [1.165, 1.54) is 0 Å². The molecule has 0 saturated heterocycles. The van der Waals surface area contributed by atoms with Crippen molar-refractivity contribution >= 4 is 28.0 Å². The molecule has 0 aliphatic rings. The average molecular weight is 376 g/mol. The van der Waals surface area contributed by atoms with E-state index in [2.05, 4.69) is 33.5 Å². The summed E-state index contributed by atoms with van der Waals surface area (Å²) in [5.41, 5.74) is 3.85. The summed E-state index contributed by atoms with van der Waals surface area (Å²) in [4.78, 5) is 13.8. The van der Waals surface area contributed by atoms with Crippen LogP contribution < -0.4 is 4.74 Å². The third-order valence-electron chi connectivity index (χ3n) is 4.60. The van der Waals surface area contributed by atoms with Crippen LogP contribution in [-0.2, 0) is 6.61 Å². The lowest BCUT2D eigenvalue weighted by Gasteiger charge is -2.02. The molecule has 5 aromatic rings. The van der Waals surface area contributed by atoms with Crippen molar-refractivity contribution in [1.29, 1.82) is 0 Å². The second-order valence-electron chi connectivity index (χ2n) is 6.20. The van der Waals surface area contributed by atoms with E-state index in [4.69, 9.17) is 9.72 Å². The molecular weight excluding hydrogens is 360 g/mol. The van der Waals surface area contributed by atoms with Crippen LogP contribution >= 0.6 is 11.3 Å². The number of ether oxygens (including phenoxy) is 1. The van der Waals surface area contributed by atoms with Gasteiger partial charge in [0.25, 0.3) is 0 Å². The molecule has 0 N–H and O–H groups in total. The smallest absolute Gasteiger partial charge is 0.195 e. The second-order valence-corrected chi connectivity index (χ2v) is 7.07. The van der Waals surface area contributed by atoms with Crippen LogP contribution in [0.2, 0.25) is 0 Å². The highest BCUT2D eigenvalue weighted by molar-refractivity contribution is 7.12. The lowest BCUT2D eigenvalue weighted by molar-refractivity contribution is 0.296. The maximum atomic E-state index is 5.78. The third-order valence-corrected chi connectivity index (χ3v) is 5.35. The van der Waals surface area contributed by atoms with Crippen LogP contribution in [0.15, 0.2) is 48.2 Å².